The van der Waals surface area contributed by atoms with E-state index in [4.69, 9.17) is 17.4 Å². The fourth-order valence-electron chi connectivity index (χ4n) is 2.13. The molecule has 3 nitrogen and oxygen atoms in total. The van der Waals surface area contributed by atoms with Crippen LogP contribution in [0.3, 0.4) is 0 Å². The third-order valence-corrected chi connectivity index (χ3v) is 3.54. The molecule has 4 heteroatoms. The van der Waals surface area contributed by atoms with Crippen molar-refractivity contribution in [3.63, 3.8) is 0 Å². The number of hydrogen-bond donors (Lipinski definition) is 2. The molecule has 0 bridgehead atoms. The lowest BCUT2D eigenvalue weighted by atomic mass is 10.0. The van der Waals surface area contributed by atoms with Gasteiger partial charge in [-0.1, -0.05) is 57.0 Å². The predicted octanol–water partition coefficient (Wildman–Crippen LogP) is 3.99. The number of unbranched alkanes of at least 4 members (excludes halogenated alkanes) is 5. The van der Waals surface area contributed by atoms with Crippen LogP contribution in [0.15, 0.2) is 18.5 Å². The molecule has 1 heterocycles. The standard InChI is InChI=1S/C14H24ClN3/c1-2-3-4-5-6-7-8-14(18-16)12-9-10-17-11-13(12)15/h9-11,14,18H,2-8,16H2,1H3. The summed E-state index contributed by atoms with van der Waals surface area (Å²) in [6, 6.07) is 2.07. The Kier molecular flexibility index (Phi) is 7.98. The van der Waals surface area contributed by atoms with Gasteiger partial charge < -0.3 is 0 Å². The molecule has 0 aromatic carbocycles. The van der Waals surface area contributed by atoms with Crippen molar-refractivity contribution in [3.05, 3.63) is 29.0 Å². The maximum Gasteiger partial charge on any atom is 0.0637 e. The van der Waals surface area contributed by atoms with E-state index in [-0.39, 0.29) is 6.04 Å². The first-order valence-electron chi connectivity index (χ1n) is 6.85. The van der Waals surface area contributed by atoms with E-state index in [1.807, 2.05) is 6.07 Å². The quantitative estimate of drug-likeness (QED) is 0.405. The minimum atomic E-state index is 0.131. The van der Waals surface area contributed by atoms with E-state index in [0.717, 1.165) is 12.0 Å². The summed E-state index contributed by atoms with van der Waals surface area (Å²) in [4.78, 5) is 3.99. The van der Waals surface area contributed by atoms with E-state index in [2.05, 4.69) is 17.3 Å². The molecule has 0 aliphatic carbocycles. The van der Waals surface area contributed by atoms with Crippen LogP contribution in [-0.4, -0.2) is 4.98 Å². The van der Waals surface area contributed by atoms with Gasteiger partial charge in [0.1, 0.15) is 0 Å². The second kappa shape index (κ2) is 9.31. The summed E-state index contributed by atoms with van der Waals surface area (Å²) >= 11 is 6.12. The first kappa shape index (κ1) is 15.4. The molecule has 1 aromatic heterocycles. The minimum absolute atomic E-state index is 0.131. The SMILES string of the molecule is CCCCCCCCC(NN)c1ccncc1Cl. The first-order chi connectivity index (χ1) is 8.79. The number of pyridine rings is 1. The fourth-order valence-corrected chi connectivity index (χ4v) is 2.38. The number of hydrazine groups is 1. The number of aromatic nitrogens is 1. The topological polar surface area (TPSA) is 50.9 Å². The number of nitrogens with zero attached hydrogens (tertiary/aromatic N) is 1. The van der Waals surface area contributed by atoms with Crippen LogP contribution in [0.25, 0.3) is 0 Å². The molecule has 0 radical (unpaired) electrons. The lowest BCUT2D eigenvalue weighted by Gasteiger charge is -2.17. The van der Waals surface area contributed by atoms with E-state index in [9.17, 15) is 0 Å². The van der Waals surface area contributed by atoms with Gasteiger partial charge in [-0.25, -0.2) is 0 Å². The van der Waals surface area contributed by atoms with Gasteiger partial charge in [-0.2, -0.15) is 0 Å². The number of hydrogen-bond acceptors (Lipinski definition) is 3. The highest BCUT2D eigenvalue weighted by atomic mass is 35.5. The number of nitrogens with two attached hydrogens (primary N) is 1. The zero-order chi connectivity index (χ0) is 13.2. The molecule has 0 spiro atoms. The zero-order valence-electron chi connectivity index (χ0n) is 11.2. The smallest absolute Gasteiger partial charge is 0.0637 e. The van der Waals surface area contributed by atoms with Gasteiger partial charge in [-0.05, 0) is 18.1 Å². The van der Waals surface area contributed by atoms with E-state index >= 15 is 0 Å². The molecule has 0 fully saturated rings. The van der Waals surface area contributed by atoms with Crippen molar-refractivity contribution < 1.29 is 0 Å². The number of halogens is 1. The second-order valence-electron chi connectivity index (χ2n) is 4.67. The molecule has 1 aromatic rings. The van der Waals surface area contributed by atoms with Crippen molar-refractivity contribution in [2.24, 2.45) is 5.84 Å². The van der Waals surface area contributed by atoms with Gasteiger partial charge in [-0.3, -0.25) is 16.3 Å². The third-order valence-electron chi connectivity index (χ3n) is 3.23. The summed E-state index contributed by atoms with van der Waals surface area (Å²) in [5.74, 6) is 5.61. The molecule has 3 N–H and O–H groups in total. The lowest BCUT2D eigenvalue weighted by molar-refractivity contribution is 0.477. The Hall–Kier alpha value is -0.640. The first-order valence-corrected chi connectivity index (χ1v) is 7.23. The average Bonchev–Trinajstić information content (AvgIpc) is 2.39. The second-order valence-corrected chi connectivity index (χ2v) is 5.08. The minimum Gasteiger partial charge on any atom is -0.271 e. The molecule has 1 unspecified atom stereocenters. The van der Waals surface area contributed by atoms with Crippen molar-refractivity contribution in [1.29, 1.82) is 0 Å². The molecule has 1 rings (SSSR count). The van der Waals surface area contributed by atoms with Crippen LogP contribution in [0.5, 0.6) is 0 Å². The molecule has 1 atom stereocenters. The molecular formula is C14H24ClN3. The van der Waals surface area contributed by atoms with Crippen molar-refractivity contribution >= 4 is 11.6 Å². The lowest BCUT2D eigenvalue weighted by Crippen LogP contribution is -2.28. The van der Waals surface area contributed by atoms with Crippen LogP contribution >= 0.6 is 11.6 Å². The maximum absolute atomic E-state index is 6.12. The van der Waals surface area contributed by atoms with E-state index in [1.54, 1.807) is 12.4 Å². The van der Waals surface area contributed by atoms with Gasteiger partial charge >= 0.3 is 0 Å². The molecule has 18 heavy (non-hydrogen) atoms. The molecule has 102 valence electrons. The Morgan fingerprint density at radius 1 is 1.28 bits per heavy atom. The molecule has 0 saturated carbocycles. The van der Waals surface area contributed by atoms with E-state index < -0.39 is 0 Å². The monoisotopic (exact) mass is 269 g/mol. The summed E-state index contributed by atoms with van der Waals surface area (Å²) in [6.07, 6.45) is 12.2. The summed E-state index contributed by atoms with van der Waals surface area (Å²) in [5.41, 5.74) is 3.89. The van der Waals surface area contributed by atoms with Crippen LogP contribution in [0.2, 0.25) is 5.02 Å². The molecule has 0 aliphatic rings. The van der Waals surface area contributed by atoms with Crippen molar-refractivity contribution in [3.8, 4) is 0 Å². The Morgan fingerprint density at radius 3 is 2.67 bits per heavy atom. The van der Waals surface area contributed by atoms with Crippen LogP contribution in [0.1, 0.15) is 63.5 Å². The zero-order valence-corrected chi connectivity index (χ0v) is 11.9. The summed E-state index contributed by atoms with van der Waals surface area (Å²) in [5, 5.41) is 0.687. The molecular weight excluding hydrogens is 246 g/mol. The van der Waals surface area contributed by atoms with Crippen LogP contribution in [0.4, 0.5) is 0 Å². The van der Waals surface area contributed by atoms with Crippen molar-refractivity contribution in [2.45, 2.75) is 57.9 Å². The molecule has 0 amide bonds. The highest BCUT2D eigenvalue weighted by molar-refractivity contribution is 6.31. The van der Waals surface area contributed by atoms with Gasteiger partial charge in [0.15, 0.2) is 0 Å². The van der Waals surface area contributed by atoms with Crippen molar-refractivity contribution in [1.82, 2.24) is 10.4 Å². The number of rotatable bonds is 9. The normalized spacial score (nSPS) is 12.6. The molecule has 0 saturated heterocycles. The Balaban J connectivity index is 2.32. The van der Waals surface area contributed by atoms with E-state index in [1.165, 1.54) is 38.5 Å². The summed E-state index contributed by atoms with van der Waals surface area (Å²) in [7, 11) is 0. The van der Waals surface area contributed by atoms with Gasteiger partial charge in [-0.15, -0.1) is 0 Å². The fraction of sp³-hybridized carbons (Fsp3) is 0.643. The van der Waals surface area contributed by atoms with Crippen molar-refractivity contribution in [2.75, 3.05) is 0 Å². The summed E-state index contributed by atoms with van der Waals surface area (Å²) in [6.45, 7) is 2.24. The number of nitrogens with one attached hydrogen (secondary N) is 1. The van der Waals surface area contributed by atoms with Crippen LogP contribution in [-0.2, 0) is 0 Å². The predicted molar refractivity (Wildman–Crippen MR) is 77.3 cm³/mol. The van der Waals surface area contributed by atoms with Gasteiger partial charge in [0.05, 0.1) is 5.02 Å². The van der Waals surface area contributed by atoms with Gasteiger partial charge in [0.25, 0.3) is 0 Å². The maximum atomic E-state index is 6.12. The highest BCUT2D eigenvalue weighted by Crippen LogP contribution is 2.25. The Bertz CT molecular complexity index is 331. The van der Waals surface area contributed by atoms with Crippen LogP contribution < -0.4 is 11.3 Å². The highest BCUT2D eigenvalue weighted by Gasteiger charge is 2.12. The van der Waals surface area contributed by atoms with E-state index in [0.29, 0.717) is 5.02 Å². The Morgan fingerprint density at radius 2 is 2.00 bits per heavy atom. The van der Waals surface area contributed by atoms with Gasteiger partial charge in [0, 0.05) is 18.4 Å². The third kappa shape index (κ3) is 5.34. The summed E-state index contributed by atoms with van der Waals surface area (Å²) < 4.78 is 0. The van der Waals surface area contributed by atoms with Crippen LogP contribution in [0, 0.1) is 0 Å². The van der Waals surface area contributed by atoms with Gasteiger partial charge in [0.2, 0.25) is 0 Å². The Labute approximate surface area is 115 Å². The largest absolute Gasteiger partial charge is 0.271 e. The molecule has 0 aliphatic heterocycles. The average molecular weight is 270 g/mol.